The second-order valence-corrected chi connectivity index (χ2v) is 7.54. The summed E-state index contributed by atoms with van der Waals surface area (Å²) in [6.07, 6.45) is 0.737. The van der Waals surface area contributed by atoms with Crippen LogP contribution in [0.25, 0.3) is 11.3 Å². The van der Waals surface area contributed by atoms with Gasteiger partial charge in [-0.05, 0) is 67.4 Å². The zero-order chi connectivity index (χ0) is 22.4. The SMILES string of the molecule is COc1ccc(-c2ccc(CCC(=O)N(C)CC(=O)Nc3cccc(C)c3C)o2)cc1. The van der Waals surface area contributed by atoms with Gasteiger partial charge in [0.25, 0.3) is 0 Å². The normalized spacial score (nSPS) is 10.6. The molecule has 2 amide bonds. The standard InChI is InChI=1S/C25H28N2O4/c1-17-6-5-7-22(18(17)2)26-24(28)16-27(3)25(29)15-13-21-12-14-23(31-21)19-8-10-20(30-4)11-9-19/h5-12,14H,13,15-16H2,1-4H3,(H,26,28). The molecule has 0 unspecified atom stereocenters. The Morgan fingerprint density at radius 2 is 1.77 bits per heavy atom. The molecule has 0 aliphatic carbocycles. The van der Waals surface area contributed by atoms with Crippen LogP contribution in [0.4, 0.5) is 5.69 Å². The fraction of sp³-hybridized carbons (Fsp3) is 0.280. The van der Waals surface area contributed by atoms with Crippen LogP contribution in [0.5, 0.6) is 5.75 Å². The molecule has 0 radical (unpaired) electrons. The number of hydrogen-bond donors (Lipinski definition) is 1. The summed E-state index contributed by atoms with van der Waals surface area (Å²) in [7, 11) is 3.26. The summed E-state index contributed by atoms with van der Waals surface area (Å²) in [5, 5.41) is 2.88. The van der Waals surface area contributed by atoms with E-state index in [4.69, 9.17) is 9.15 Å². The van der Waals surface area contributed by atoms with E-state index < -0.39 is 0 Å². The van der Waals surface area contributed by atoms with Crippen molar-refractivity contribution < 1.29 is 18.7 Å². The van der Waals surface area contributed by atoms with Crippen molar-refractivity contribution >= 4 is 17.5 Å². The van der Waals surface area contributed by atoms with Gasteiger partial charge in [0.15, 0.2) is 0 Å². The van der Waals surface area contributed by atoms with E-state index in [1.165, 1.54) is 4.90 Å². The Morgan fingerprint density at radius 1 is 1.03 bits per heavy atom. The molecule has 6 heteroatoms. The molecule has 0 spiro atoms. The zero-order valence-corrected chi connectivity index (χ0v) is 18.4. The lowest BCUT2D eigenvalue weighted by atomic mass is 10.1. The van der Waals surface area contributed by atoms with E-state index in [1.807, 2.05) is 68.4 Å². The highest BCUT2D eigenvalue weighted by atomic mass is 16.5. The van der Waals surface area contributed by atoms with Crippen LogP contribution < -0.4 is 10.1 Å². The lowest BCUT2D eigenvalue weighted by Crippen LogP contribution is -2.35. The summed E-state index contributed by atoms with van der Waals surface area (Å²) >= 11 is 0. The third-order valence-electron chi connectivity index (χ3n) is 5.31. The third-order valence-corrected chi connectivity index (χ3v) is 5.31. The number of hydrogen-bond acceptors (Lipinski definition) is 4. The lowest BCUT2D eigenvalue weighted by molar-refractivity contribution is -0.133. The zero-order valence-electron chi connectivity index (χ0n) is 18.4. The molecule has 0 bridgehead atoms. The van der Waals surface area contributed by atoms with Gasteiger partial charge in [0, 0.05) is 31.1 Å². The summed E-state index contributed by atoms with van der Waals surface area (Å²) in [6.45, 7) is 3.96. The van der Waals surface area contributed by atoms with Gasteiger partial charge in [-0.15, -0.1) is 0 Å². The van der Waals surface area contributed by atoms with Crippen molar-refractivity contribution in [2.45, 2.75) is 26.7 Å². The minimum Gasteiger partial charge on any atom is -0.497 e. The average Bonchev–Trinajstić information content (AvgIpc) is 3.24. The van der Waals surface area contributed by atoms with Gasteiger partial charge in [-0.2, -0.15) is 0 Å². The minimum atomic E-state index is -0.218. The maximum absolute atomic E-state index is 12.5. The number of nitrogens with one attached hydrogen (secondary N) is 1. The van der Waals surface area contributed by atoms with Crippen molar-refractivity contribution in [1.82, 2.24) is 4.90 Å². The number of furan rings is 1. The fourth-order valence-electron chi connectivity index (χ4n) is 3.22. The van der Waals surface area contributed by atoms with Gasteiger partial charge in [-0.1, -0.05) is 12.1 Å². The number of carbonyl (C=O) groups is 2. The monoisotopic (exact) mass is 420 g/mol. The molecule has 1 N–H and O–H groups in total. The second kappa shape index (κ2) is 9.98. The van der Waals surface area contributed by atoms with Crippen LogP contribution >= 0.6 is 0 Å². The first kappa shape index (κ1) is 22.2. The van der Waals surface area contributed by atoms with E-state index in [1.54, 1.807) is 14.2 Å². The van der Waals surface area contributed by atoms with Gasteiger partial charge in [-0.3, -0.25) is 9.59 Å². The van der Waals surface area contributed by atoms with Crippen molar-refractivity contribution in [1.29, 1.82) is 0 Å². The number of amides is 2. The van der Waals surface area contributed by atoms with E-state index in [2.05, 4.69) is 5.32 Å². The summed E-state index contributed by atoms with van der Waals surface area (Å²) < 4.78 is 11.0. The number of rotatable bonds is 8. The smallest absolute Gasteiger partial charge is 0.243 e. The first-order valence-electron chi connectivity index (χ1n) is 10.2. The molecule has 0 atom stereocenters. The van der Waals surface area contributed by atoms with E-state index in [0.717, 1.165) is 39.6 Å². The molecule has 0 aliphatic rings. The fourth-order valence-corrected chi connectivity index (χ4v) is 3.22. The van der Waals surface area contributed by atoms with E-state index >= 15 is 0 Å². The second-order valence-electron chi connectivity index (χ2n) is 7.54. The number of anilines is 1. The lowest BCUT2D eigenvalue weighted by Gasteiger charge is -2.17. The van der Waals surface area contributed by atoms with Gasteiger partial charge >= 0.3 is 0 Å². The van der Waals surface area contributed by atoms with Gasteiger partial charge in [-0.25, -0.2) is 0 Å². The van der Waals surface area contributed by atoms with E-state index in [-0.39, 0.29) is 24.8 Å². The molecule has 3 rings (SSSR count). The van der Waals surface area contributed by atoms with Gasteiger partial charge < -0.3 is 19.4 Å². The molecule has 0 aliphatic heterocycles. The van der Waals surface area contributed by atoms with Crippen LogP contribution in [-0.4, -0.2) is 37.4 Å². The molecule has 0 saturated heterocycles. The molecule has 162 valence electrons. The highest BCUT2D eigenvalue weighted by Crippen LogP contribution is 2.25. The molecule has 2 aromatic carbocycles. The molecule has 3 aromatic rings. The molecule has 1 aromatic heterocycles. The molecule has 0 fully saturated rings. The van der Waals surface area contributed by atoms with Crippen LogP contribution in [-0.2, 0) is 16.0 Å². The highest BCUT2D eigenvalue weighted by molar-refractivity contribution is 5.95. The summed E-state index contributed by atoms with van der Waals surface area (Å²) in [5.41, 5.74) is 3.84. The number of likely N-dealkylation sites (N-methyl/N-ethyl adjacent to an activating group) is 1. The molecule has 31 heavy (non-hydrogen) atoms. The molecular weight excluding hydrogens is 392 g/mol. The number of benzene rings is 2. The van der Waals surface area contributed by atoms with Gasteiger partial charge in [0.2, 0.25) is 11.8 Å². The van der Waals surface area contributed by atoms with Crippen LogP contribution in [0.3, 0.4) is 0 Å². The largest absolute Gasteiger partial charge is 0.497 e. The van der Waals surface area contributed by atoms with Crippen molar-refractivity contribution in [2.24, 2.45) is 0 Å². The Bertz CT molecular complexity index is 1050. The van der Waals surface area contributed by atoms with Gasteiger partial charge in [0.05, 0.1) is 13.7 Å². The molecule has 6 nitrogen and oxygen atoms in total. The maximum Gasteiger partial charge on any atom is 0.243 e. The van der Waals surface area contributed by atoms with Crippen LogP contribution in [0, 0.1) is 13.8 Å². The molecule has 0 saturated carbocycles. The predicted octanol–water partition coefficient (Wildman–Crippen LogP) is 4.60. The van der Waals surface area contributed by atoms with E-state index in [9.17, 15) is 9.59 Å². The topological polar surface area (TPSA) is 71.8 Å². The number of nitrogens with zero attached hydrogens (tertiary/aromatic N) is 1. The number of methoxy groups -OCH3 is 1. The van der Waals surface area contributed by atoms with Gasteiger partial charge in [0.1, 0.15) is 17.3 Å². The third kappa shape index (κ3) is 5.75. The van der Waals surface area contributed by atoms with Crippen LogP contribution in [0.15, 0.2) is 59.0 Å². The average molecular weight is 421 g/mol. The van der Waals surface area contributed by atoms with Crippen molar-refractivity contribution in [3.8, 4) is 17.1 Å². The summed E-state index contributed by atoms with van der Waals surface area (Å²) in [5.74, 6) is 1.92. The first-order chi connectivity index (χ1) is 14.9. The Labute approximate surface area is 182 Å². The number of carbonyl (C=O) groups excluding carboxylic acids is 2. The Balaban J connectivity index is 1.50. The Morgan fingerprint density at radius 3 is 2.48 bits per heavy atom. The summed E-state index contributed by atoms with van der Waals surface area (Å²) in [6, 6.07) is 17.1. The highest BCUT2D eigenvalue weighted by Gasteiger charge is 2.15. The Hall–Kier alpha value is -3.54. The first-order valence-corrected chi connectivity index (χ1v) is 10.2. The van der Waals surface area contributed by atoms with Crippen molar-refractivity contribution in [3.05, 3.63) is 71.5 Å². The van der Waals surface area contributed by atoms with Crippen molar-refractivity contribution in [2.75, 3.05) is 26.0 Å². The molecule has 1 heterocycles. The van der Waals surface area contributed by atoms with Crippen LogP contribution in [0.2, 0.25) is 0 Å². The predicted molar refractivity (Wildman–Crippen MR) is 121 cm³/mol. The molecular formula is C25H28N2O4. The van der Waals surface area contributed by atoms with Crippen LogP contribution in [0.1, 0.15) is 23.3 Å². The Kier molecular flexibility index (Phi) is 7.13. The minimum absolute atomic E-state index is 0.00146. The maximum atomic E-state index is 12.5. The van der Waals surface area contributed by atoms with E-state index in [0.29, 0.717) is 6.42 Å². The van der Waals surface area contributed by atoms with Crippen molar-refractivity contribution in [3.63, 3.8) is 0 Å². The quantitative estimate of drug-likeness (QED) is 0.578. The number of ether oxygens (including phenoxy) is 1. The summed E-state index contributed by atoms with van der Waals surface area (Å²) in [4.78, 5) is 26.2. The number of aryl methyl sites for hydroxylation is 2.